The minimum atomic E-state index is -0.900. The van der Waals surface area contributed by atoms with E-state index in [-0.39, 0.29) is 11.4 Å². The largest absolute Gasteiger partial charge is 0.511 e. The Balaban J connectivity index is 2.52. The van der Waals surface area contributed by atoms with E-state index in [4.69, 9.17) is 14.2 Å². The summed E-state index contributed by atoms with van der Waals surface area (Å²) >= 11 is 0. The van der Waals surface area contributed by atoms with Crippen molar-refractivity contribution in [3.8, 4) is 0 Å². The number of rotatable bonds is 5. The topological polar surface area (TPSA) is 44.8 Å². The Labute approximate surface area is 117 Å². The van der Waals surface area contributed by atoms with Crippen molar-refractivity contribution < 1.29 is 19.0 Å². The molecule has 19 heavy (non-hydrogen) atoms. The molecule has 0 aromatic heterocycles. The minimum Gasteiger partial charge on any atom is -0.427 e. The van der Waals surface area contributed by atoms with Gasteiger partial charge in [0.1, 0.15) is 0 Å². The quantitative estimate of drug-likeness (QED) is 0.725. The third kappa shape index (κ3) is 4.14. The molecule has 112 valence electrons. The van der Waals surface area contributed by atoms with Gasteiger partial charge in [0.2, 0.25) is 0 Å². The van der Waals surface area contributed by atoms with Crippen LogP contribution in [0.5, 0.6) is 0 Å². The molecule has 0 aliphatic carbocycles. The van der Waals surface area contributed by atoms with Crippen molar-refractivity contribution in [2.75, 3.05) is 25.7 Å². The molecule has 1 aliphatic heterocycles. The van der Waals surface area contributed by atoms with Crippen LogP contribution in [0, 0.1) is 0 Å². The third-order valence-electron chi connectivity index (χ3n) is 3.68. The predicted molar refractivity (Wildman–Crippen MR) is 79.7 cm³/mol. The Morgan fingerprint density at radius 3 is 2.47 bits per heavy atom. The number of ether oxygens (including phenoxy) is 3. The summed E-state index contributed by atoms with van der Waals surface area (Å²) in [6.07, 6.45) is 6.51. The van der Waals surface area contributed by atoms with Crippen LogP contribution in [0.15, 0.2) is 11.5 Å². The van der Waals surface area contributed by atoms with Gasteiger partial charge in [-0.05, 0) is 22.7 Å². The molecule has 1 saturated heterocycles. The second kappa shape index (κ2) is 5.75. The zero-order valence-corrected chi connectivity index (χ0v) is 13.6. The van der Waals surface area contributed by atoms with Crippen molar-refractivity contribution in [3.63, 3.8) is 0 Å². The monoisotopic (exact) mass is 290 g/mol. The van der Waals surface area contributed by atoms with Gasteiger partial charge in [0.25, 0.3) is 5.79 Å². The number of hydrogen-bond acceptors (Lipinski definition) is 4. The summed E-state index contributed by atoms with van der Waals surface area (Å²) in [6.45, 7) is 9.24. The van der Waals surface area contributed by atoms with Gasteiger partial charge in [-0.3, -0.25) is 0 Å². The SMILES string of the molecule is CCC1(OC/C=C/S(C)(C)C(C)(C)C)COC(=O)O1. The highest BCUT2D eigenvalue weighted by molar-refractivity contribution is 8.36. The maximum Gasteiger partial charge on any atom is 0.511 e. The molecule has 0 aromatic carbocycles. The smallest absolute Gasteiger partial charge is 0.427 e. The molecule has 0 bridgehead atoms. The predicted octanol–water partition coefficient (Wildman–Crippen LogP) is 3.65. The van der Waals surface area contributed by atoms with Crippen LogP contribution in [-0.4, -0.2) is 42.4 Å². The van der Waals surface area contributed by atoms with Gasteiger partial charge in [0, 0.05) is 6.42 Å². The Hall–Kier alpha value is -0.680. The van der Waals surface area contributed by atoms with E-state index in [1.165, 1.54) is 0 Å². The van der Waals surface area contributed by atoms with Crippen molar-refractivity contribution in [1.29, 1.82) is 0 Å². The summed E-state index contributed by atoms with van der Waals surface area (Å²) in [5.74, 6) is -0.900. The van der Waals surface area contributed by atoms with Crippen LogP contribution < -0.4 is 0 Å². The van der Waals surface area contributed by atoms with E-state index in [2.05, 4.69) is 38.7 Å². The van der Waals surface area contributed by atoms with E-state index < -0.39 is 22.0 Å². The standard InChI is InChI=1S/C14H26O4S/c1-7-14(11-16-12(15)18-14)17-9-8-10-19(5,6)13(2,3)4/h8,10H,7,9,11H2,1-6H3/b10-8+. The van der Waals surface area contributed by atoms with E-state index in [0.29, 0.717) is 13.0 Å². The lowest BCUT2D eigenvalue weighted by Gasteiger charge is -2.41. The van der Waals surface area contributed by atoms with Gasteiger partial charge in [-0.2, -0.15) is 0 Å². The van der Waals surface area contributed by atoms with Gasteiger partial charge in [0.15, 0.2) is 6.61 Å². The fraction of sp³-hybridized carbons (Fsp3) is 0.786. The van der Waals surface area contributed by atoms with Crippen molar-refractivity contribution in [2.45, 2.75) is 44.6 Å². The van der Waals surface area contributed by atoms with Crippen LogP contribution in [0.1, 0.15) is 34.1 Å². The number of carbonyl (C=O) groups excluding carboxylic acids is 1. The van der Waals surface area contributed by atoms with Crippen LogP contribution in [0.4, 0.5) is 4.79 Å². The average Bonchev–Trinajstić information content (AvgIpc) is 2.66. The van der Waals surface area contributed by atoms with Gasteiger partial charge < -0.3 is 14.2 Å². The molecule has 0 aromatic rings. The summed E-state index contributed by atoms with van der Waals surface area (Å²) in [4.78, 5) is 11.0. The van der Waals surface area contributed by atoms with Crippen LogP contribution in [-0.2, 0) is 14.2 Å². The molecule has 4 nitrogen and oxygen atoms in total. The molecule has 1 aliphatic rings. The van der Waals surface area contributed by atoms with Crippen molar-refractivity contribution in [1.82, 2.24) is 0 Å². The Bertz CT molecular complexity index is 357. The molecular weight excluding hydrogens is 264 g/mol. The third-order valence-corrected chi connectivity index (χ3v) is 7.70. The lowest BCUT2D eigenvalue weighted by atomic mass is 10.2. The van der Waals surface area contributed by atoms with Crippen LogP contribution >= 0.6 is 10.0 Å². The number of hydrogen-bond donors (Lipinski definition) is 0. The lowest BCUT2D eigenvalue weighted by Crippen LogP contribution is -2.34. The summed E-state index contributed by atoms with van der Waals surface area (Å²) < 4.78 is 15.8. The highest BCUT2D eigenvalue weighted by Crippen LogP contribution is 2.53. The van der Waals surface area contributed by atoms with Crippen molar-refractivity contribution in [2.24, 2.45) is 0 Å². The first kappa shape index (κ1) is 16.4. The van der Waals surface area contributed by atoms with Gasteiger partial charge in [-0.15, -0.1) is 0 Å². The van der Waals surface area contributed by atoms with Gasteiger partial charge >= 0.3 is 6.16 Å². The Kier molecular flexibility index (Phi) is 4.96. The van der Waals surface area contributed by atoms with E-state index in [9.17, 15) is 4.79 Å². The first-order valence-electron chi connectivity index (χ1n) is 6.51. The summed E-state index contributed by atoms with van der Waals surface area (Å²) in [5, 5.41) is 2.23. The zero-order chi connectivity index (χ0) is 14.7. The summed E-state index contributed by atoms with van der Waals surface area (Å²) in [5.41, 5.74) is 0. The highest BCUT2D eigenvalue weighted by atomic mass is 32.3. The number of carbonyl (C=O) groups is 1. The maximum atomic E-state index is 11.0. The molecule has 0 saturated carbocycles. The van der Waals surface area contributed by atoms with Crippen LogP contribution in [0.3, 0.4) is 0 Å². The average molecular weight is 290 g/mol. The van der Waals surface area contributed by atoms with Crippen molar-refractivity contribution in [3.05, 3.63) is 11.5 Å². The number of cyclic esters (lactones) is 2. The second-order valence-electron chi connectivity index (χ2n) is 6.11. The van der Waals surface area contributed by atoms with Crippen LogP contribution in [0.2, 0.25) is 0 Å². The summed E-state index contributed by atoms with van der Waals surface area (Å²) in [6, 6.07) is 0. The molecule has 0 N–H and O–H groups in total. The molecule has 1 rings (SSSR count). The first-order valence-corrected chi connectivity index (χ1v) is 9.02. The molecule has 1 heterocycles. The van der Waals surface area contributed by atoms with Crippen LogP contribution in [0.25, 0.3) is 0 Å². The van der Waals surface area contributed by atoms with Gasteiger partial charge in [0.05, 0.1) is 6.61 Å². The van der Waals surface area contributed by atoms with E-state index in [1.54, 1.807) is 0 Å². The minimum absolute atomic E-state index is 0.172. The molecule has 1 atom stereocenters. The molecule has 1 fully saturated rings. The molecule has 0 spiro atoms. The fourth-order valence-electron chi connectivity index (χ4n) is 1.41. The summed E-state index contributed by atoms with van der Waals surface area (Å²) in [7, 11) is -0.830. The highest BCUT2D eigenvalue weighted by Gasteiger charge is 2.41. The van der Waals surface area contributed by atoms with E-state index >= 15 is 0 Å². The molecular formula is C14H26O4S. The molecule has 1 unspecified atom stereocenters. The van der Waals surface area contributed by atoms with Gasteiger partial charge in [-0.1, -0.05) is 33.8 Å². The maximum absolute atomic E-state index is 11.0. The van der Waals surface area contributed by atoms with E-state index in [0.717, 1.165) is 0 Å². The molecule has 0 amide bonds. The molecule has 0 radical (unpaired) electrons. The molecule has 5 heteroatoms. The first-order chi connectivity index (χ1) is 8.62. The Morgan fingerprint density at radius 1 is 1.42 bits per heavy atom. The zero-order valence-electron chi connectivity index (χ0n) is 12.8. The fourth-order valence-corrected chi connectivity index (χ4v) is 2.38. The normalized spacial score (nSPS) is 25.5. The van der Waals surface area contributed by atoms with Gasteiger partial charge in [-0.25, -0.2) is 14.8 Å². The second-order valence-corrected chi connectivity index (χ2v) is 10.4. The Morgan fingerprint density at radius 2 is 2.05 bits per heavy atom. The van der Waals surface area contributed by atoms with E-state index in [1.807, 2.05) is 13.0 Å². The van der Waals surface area contributed by atoms with Crippen molar-refractivity contribution >= 4 is 16.2 Å². The lowest BCUT2D eigenvalue weighted by molar-refractivity contribution is -0.173.